The molecule has 1 N–H and O–H groups in total. The first kappa shape index (κ1) is 27.5. The summed E-state index contributed by atoms with van der Waals surface area (Å²) in [6.45, 7) is 4.87. The molecule has 3 fully saturated rings. The van der Waals surface area contributed by atoms with Crippen LogP contribution in [-0.4, -0.2) is 58.4 Å². The highest BCUT2D eigenvalue weighted by Gasteiger charge is 2.33. The summed E-state index contributed by atoms with van der Waals surface area (Å²) < 4.78 is 13.3. The van der Waals surface area contributed by atoms with Crippen LogP contribution in [-0.2, 0) is 16.0 Å². The van der Waals surface area contributed by atoms with Gasteiger partial charge in [-0.2, -0.15) is 4.98 Å². The summed E-state index contributed by atoms with van der Waals surface area (Å²) in [5.41, 5.74) is 2.53. The Morgan fingerprint density at radius 3 is 2.61 bits per heavy atom. The van der Waals surface area contributed by atoms with Gasteiger partial charge in [-0.3, -0.25) is 0 Å². The number of imidazole rings is 1. The Labute approximate surface area is 242 Å². The molecule has 3 aliphatic rings. The van der Waals surface area contributed by atoms with Crippen LogP contribution in [0, 0.1) is 30.1 Å². The molecular weight excluding hydrogens is 516 g/mol. The number of hydrogen-bond donors (Lipinski definition) is 1. The third-order valence-corrected chi connectivity index (χ3v) is 9.27. The Hall–Kier alpha value is -3.64. The molecule has 216 valence electrons. The summed E-state index contributed by atoms with van der Waals surface area (Å²) in [7, 11) is 1.36. The second-order valence-corrected chi connectivity index (χ2v) is 11.8. The molecule has 6 rings (SSSR count). The number of benzene rings is 1. The minimum Gasteiger partial charge on any atom is -0.463 e. The van der Waals surface area contributed by atoms with E-state index < -0.39 is 5.97 Å². The molecule has 9 nitrogen and oxygen atoms in total. The maximum atomic E-state index is 12.7. The fraction of sp³-hybridized carbons (Fsp3) is 0.562. The number of carbonyl (C=O) groups excluding carboxylic acids is 1. The van der Waals surface area contributed by atoms with Gasteiger partial charge in [0.2, 0.25) is 11.8 Å². The van der Waals surface area contributed by atoms with Crippen LogP contribution in [0.5, 0.6) is 0 Å². The van der Waals surface area contributed by atoms with E-state index >= 15 is 0 Å². The third kappa shape index (κ3) is 5.62. The van der Waals surface area contributed by atoms with Crippen molar-refractivity contribution in [3.63, 3.8) is 0 Å². The second kappa shape index (κ2) is 12.1. The van der Waals surface area contributed by atoms with Crippen LogP contribution in [0.3, 0.4) is 0 Å². The molecule has 2 saturated carbocycles. The number of nitrogens with one attached hydrogen (secondary N) is 1. The van der Waals surface area contributed by atoms with E-state index in [1.54, 1.807) is 0 Å². The number of aromatic nitrogens is 4. The lowest BCUT2D eigenvalue weighted by molar-refractivity contribution is 0.0587. The van der Waals surface area contributed by atoms with Crippen molar-refractivity contribution in [2.45, 2.75) is 70.5 Å². The van der Waals surface area contributed by atoms with Crippen molar-refractivity contribution in [3.05, 3.63) is 41.7 Å². The Balaban J connectivity index is 1.47. The molecule has 2 aliphatic carbocycles. The number of methoxy groups -OCH3 is 1. The molecule has 1 aromatic carbocycles. The fourth-order valence-corrected chi connectivity index (χ4v) is 6.54. The molecule has 2 aromatic heterocycles. The van der Waals surface area contributed by atoms with Crippen LogP contribution in [0.4, 0.5) is 11.8 Å². The van der Waals surface area contributed by atoms with Crippen LogP contribution >= 0.6 is 0 Å². The topological polar surface area (TPSA) is 94.4 Å². The number of rotatable bonds is 8. The molecule has 3 heterocycles. The maximum Gasteiger partial charge on any atom is 0.376 e. The lowest BCUT2D eigenvalue weighted by atomic mass is 9.80. The lowest BCUT2D eigenvalue weighted by Crippen LogP contribution is -2.41. The van der Waals surface area contributed by atoms with Gasteiger partial charge < -0.3 is 24.3 Å². The van der Waals surface area contributed by atoms with Gasteiger partial charge in [-0.1, -0.05) is 36.8 Å². The zero-order valence-corrected chi connectivity index (χ0v) is 24.1. The van der Waals surface area contributed by atoms with E-state index in [-0.39, 0.29) is 17.9 Å². The largest absolute Gasteiger partial charge is 0.463 e. The van der Waals surface area contributed by atoms with E-state index in [2.05, 4.69) is 56.9 Å². The van der Waals surface area contributed by atoms with Gasteiger partial charge in [0.15, 0.2) is 11.5 Å². The SMILES string of the molecule is C#CC1CCC(Cn2c(N3CCOCC3c3ccccc3)nc3nc(C(=O)OC)nc(NC(C)C4CCC4)c32)CC1. The Morgan fingerprint density at radius 1 is 1.15 bits per heavy atom. The summed E-state index contributed by atoms with van der Waals surface area (Å²) in [4.78, 5) is 29.5. The molecule has 41 heavy (non-hydrogen) atoms. The number of carbonyl (C=O) groups is 1. The van der Waals surface area contributed by atoms with Gasteiger partial charge in [-0.15, -0.1) is 12.3 Å². The van der Waals surface area contributed by atoms with Crippen LogP contribution in [0.2, 0.25) is 0 Å². The molecule has 1 aliphatic heterocycles. The van der Waals surface area contributed by atoms with Crippen molar-refractivity contribution in [1.82, 2.24) is 19.5 Å². The van der Waals surface area contributed by atoms with Crippen molar-refractivity contribution in [1.29, 1.82) is 0 Å². The first-order valence-corrected chi connectivity index (χ1v) is 15.0. The fourth-order valence-electron chi connectivity index (χ4n) is 6.54. The smallest absolute Gasteiger partial charge is 0.376 e. The number of hydrogen-bond acceptors (Lipinski definition) is 8. The number of terminal acetylenes is 1. The molecule has 2 atom stereocenters. The van der Waals surface area contributed by atoms with Crippen LogP contribution in [0.1, 0.15) is 74.1 Å². The quantitative estimate of drug-likeness (QED) is 0.298. The first-order chi connectivity index (χ1) is 20.1. The van der Waals surface area contributed by atoms with E-state index in [0.717, 1.165) is 43.7 Å². The van der Waals surface area contributed by atoms with Gasteiger partial charge in [0.25, 0.3) is 0 Å². The zero-order valence-electron chi connectivity index (χ0n) is 24.1. The van der Waals surface area contributed by atoms with Gasteiger partial charge in [-0.05, 0) is 62.8 Å². The summed E-state index contributed by atoms with van der Waals surface area (Å²) in [5.74, 6) is 5.31. The molecule has 2 unspecified atom stereocenters. The lowest BCUT2D eigenvalue weighted by Gasteiger charge is -2.37. The van der Waals surface area contributed by atoms with Crippen molar-refractivity contribution in [3.8, 4) is 12.3 Å². The number of nitrogens with zero attached hydrogens (tertiary/aromatic N) is 5. The van der Waals surface area contributed by atoms with E-state index in [1.807, 2.05) is 6.07 Å². The average molecular weight is 557 g/mol. The first-order valence-electron chi connectivity index (χ1n) is 15.0. The van der Waals surface area contributed by atoms with Crippen molar-refractivity contribution >= 4 is 28.9 Å². The summed E-state index contributed by atoms with van der Waals surface area (Å²) >= 11 is 0. The summed E-state index contributed by atoms with van der Waals surface area (Å²) in [6.07, 6.45) is 13.6. The van der Waals surface area contributed by atoms with Gasteiger partial charge in [-0.25, -0.2) is 14.8 Å². The Kier molecular flexibility index (Phi) is 8.11. The van der Waals surface area contributed by atoms with E-state index in [0.29, 0.717) is 49.0 Å². The number of morpholine rings is 1. The van der Waals surface area contributed by atoms with Crippen molar-refractivity contribution < 1.29 is 14.3 Å². The number of fused-ring (bicyclic) bond motifs is 1. The third-order valence-electron chi connectivity index (χ3n) is 9.27. The predicted octanol–water partition coefficient (Wildman–Crippen LogP) is 5.23. The van der Waals surface area contributed by atoms with E-state index in [1.165, 1.54) is 31.9 Å². The predicted molar refractivity (Wildman–Crippen MR) is 159 cm³/mol. The minimum absolute atomic E-state index is 0.0102. The normalized spacial score (nSPS) is 23.9. The Bertz CT molecular complexity index is 1400. The average Bonchev–Trinajstić information content (AvgIpc) is 3.34. The number of anilines is 2. The molecule has 0 amide bonds. The standard InChI is InChI=1S/C32H40N6O3/c1-4-22-13-15-23(16-14-22)19-38-27-28(33-21(2)24-11-8-12-24)34-30(31(39)40-3)35-29(27)36-32(38)37-17-18-41-20-26(37)25-9-6-5-7-10-25/h1,5-7,9-10,21-24,26H,8,11-20H2,2-3H3,(H,33,34,35). The van der Waals surface area contributed by atoms with Gasteiger partial charge >= 0.3 is 5.97 Å². The number of esters is 1. The Morgan fingerprint density at radius 2 is 1.93 bits per heavy atom. The molecule has 9 heteroatoms. The highest BCUT2D eigenvalue weighted by molar-refractivity contribution is 5.92. The van der Waals surface area contributed by atoms with Gasteiger partial charge in [0.1, 0.15) is 5.52 Å². The highest BCUT2D eigenvalue weighted by Crippen LogP contribution is 2.38. The van der Waals surface area contributed by atoms with Crippen LogP contribution in [0.15, 0.2) is 30.3 Å². The van der Waals surface area contributed by atoms with Crippen molar-refractivity contribution in [2.24, 2.45) is 17.8 Å². The zero-order chi connectivity index (χ0) is 28.3. The molecule has 0 spiro atoms. The molecule has 0 radical (unpaired) electrons. The molecular formula is C32H40N6O3. The van der Waals surface area contributed by atoms with Gasteiger partial charge in [0, 0.05) is 25.0 Å². The molecule has 0 bridgehead atoms. The maximum absolute atomic E-state index is 12.7. The van der Waals surface area contributed by atoms with E-state index in [9.17, 15) is 4.79 Å². The van der Waals surface area contributed by atoms with Gasteiger partial charge in [0.05, 0.1) is 26.4 Å². The highest BCUT2D eigenvalue weighted by atomic mass is 16.5. The molecule has 3 aromatic rings. The minimum atomic E-state index is -0.566. The summed E-state index contributed by atoms with van der Waals surface area (Å²) in [5, 5.41) is 3.67. The molecule has 1 saturated heterocycles. The van der Waals surface area contributed by atoms with E-state index in [4.69, 9.17) is 25.9 Å². The second-order valence-electron chi connectivity index (χ2n) is 11.8. The van der Waals surface area contributed by atoms with Crippen LogP contribution < -0.4 is 10.2 Å². The monoisotopic (exact) mass is 556 g/mol. The summed E-state index contributed by atoms with van der Waals surface area (Å²) in [6, 6.07) is 10.7. The number of ether oxygens (including phenoxy) is 2. The van der Waals surface area contributed by atoms with Crippen LogP contribution in [0.25, 0.3) is 11.2 Å². The van der Waals surface area contributed by atoms with Crippen molar-refractivity contribution in [2.75, 3.05) is 37.1 Å².